The van der Waals surface area contributed by atoms with Crippen molar-refractivity contribution in [1.82, 2.24) is 0 Å². The van der Waals surface area contributed by atoms with E-state index in [1.807, 2.05) is 0 Å². The maximum absolute atomic E-state index is 13.8. The summed E-state index contributed by atoms with van der Waals surface area (Å²) in [5, 5.41) is 0. The Morgan fingerprint density at radius 3 is 1.97 bits per heavy atom. The van der Waals surface area contributed by atoms with Crippen LogP contribution in [0.5, 0.6) is 11.5 Å². The number of methoxy groups -OCH3 is 2. The van der Waals surface area contributed by atoms with Crippen molar-refractivity contribution < 1.29 is 22.3 Å². The van der Waals surface area contributed by atoms with Crippen molar-refractivity contribution in [3.63, 3.8) is 0 Å². The molecule has 0 aliphatic heterocycles. The Hall–Kier alpha value is -3.06. The zero-order valence-corrected chi connectivity index (χ0v) is 17.2. The molecule has 0 saturated heterocycles. The SMILES string of the molecule is COc1ccc(CN(c2ccc(OC)cc2)S(=O)(=O)c2cc(F)ccc2C)cc1. The molecule has 152 valence electrons. The van der Waals surface area contributed by atoms with Gasteiger partial charge in [-0.05, 0) is 66.6 Å². The van der Waals surface area contributed by atoms with Gasteiger partial charge in [0, 0.05) is 0 Å². The predicted molar refractivity (Wildman–Crippen MR) is 110 cm³/mol. The average Bonchev–Trinajstić information content (AvgIpc) is 2.74. The zero-order valence-electron chi connectivity index (χ0n) is 16.4. The Kier molecular flexibility index (Phi) is 6.08. The van der Waals surface area contributed by atoms with Crippen LogP contribution < -0.4 is 13.8 Å². The van der Waals surface area contributed by atoms with Gasteiger partial charge in [-0.25, -0.2) is 12.8 Å². The molecule has 0 atom stereocenters. The molecule has 0 aliphatic carbocycles. The molecule has 0 aliphatic rings. The van der Waals surface area contributed by atoms with Gasteiger partial charge in [-0.2, -0.15) is 0 Å². The molecular formula is C22H22FNO4S. The molecule has 0 unspecified atom stereocenters. The Morgan fingerprint density at radius 1 is 0.862 bits per heavy atom. The first kappa shape index (κ1) is 20.7. The molecule has 0 radical (unpaired) electrons. The van der Waals surface area contributed by atoms with Crippen LogP contribution in [0.15, 0.2) is 71.6 Å². The van der Waals surface area contributed by atoms with Crippen LogP contribution in [0.2, 0.25) is 0 Å². The van der Waals surface area contributed by atoms with Crippen molar-refractivity contribution in [3.05, 3.63) is 83.7 Å². The van der Waals surface area contributed by atoms with Crippen LogP contribution in [-0.4, -0.2) is 22.6 Å². The molecule has 0 spiro atoms. The Bertz CT molecular complexity index is 1080. The van der Waals surface area contributed by atoms with Crippen LogP contribution in [0, 0.1) is 12.7 Å². The van der Waals surface area contributed by atoms with Crippen molar-refractivity contribution in [1.29, 1.82) is 0 Å². The minimum absolute atomic E-state index is 0.0678. The highest BCUT2D eigenvalue weighted by Gasteiger charge is 2.27. The molecule has 0 amide bonds. The number of anilines is 1. The third-order valence-corrected chi connectivity index (χ3v) is 6.48. The lowest BCUT2D eigenvalue weighted by Gasteiger charge is -2.26. The van der Waals surface area contributed by atoms with Crippen molar-refractivity contribution >= 4 is 15.7 Å². The van der Waals surface area contributed by atoms with E-state index in [-0.39, 0.29) is 11.4 Å². The number of hydrogen-bond acceptors (Lipinski definition) is 4. The minimum Gasteiger partial charge on any atom is -0.497 e. The van der Waals surface area contributed by atoms with Crippen LogP contribution in [0.25, 0.3) is 0 Å². The van der Waals surface area contributed by atoms with Crippen LogP contribution in [0.1, 0.15) is 11.1 Å². The Balaban J connectivity index is 2.08. The summed E-state index contributed by atoms with van der Waals surface area (Å²) >= 11 is 0. The molecule has 5 nitrogen and oxygen atoms in total. The molecule has 7 heteroatoms. The molecular weight excluding hydrogens is 393 g/mol. The number of nitrogens with zero attached hydrogens (tertiary/aromatic N) is 1. The molecule has 3 aromatic carbocycles. The van der Waals surface area contributed by atoms with E-state index >= 15 is 0 Å². The van der Waals surface area contributed by atoms with E-state index in [1.165, 1.54) is 23.5 Å². The molecule has 0 fully saturated rings. The van der Waals surface area contributed by atoms with Gasteiger partial charge in [0.05, 0.1) is 31.3 Å². The number of aryl methyl sites for hydroxylation is 1. The molecule has 0 N–H and O–H groups in total. The number of halogens is 1. The van der Waals surface area contributed by atoms with Gasteiger partial charge in [0.1, 0.15) is 17.3 Å². The summed E-state index contributed by atoms with van der Waals surface area (Å²) in [7, 11) is -0.915. The third-order valence-electron chi connectivity index (χ3n) is 4.56. The molecule has 0 bridgehead atoms. The van der Waals surface area contributed by atoms with E-state index in [0.717, 1.165) is 11.6 Å². The summed E-state index contributed by atoms with van der Waals surface area (Å²) in [6.45, 7) is 1.72. The number of sulfonamides is 1. The molecule has 0 saturated carbocycles. The van der Waals surface area contributed by atoms with E-state index in [4.69, 9.17) is 9.47 Å². The fourth-order valence-corrected chi connectivity index (χ4v) is 4.62. The van der Waals surface area contributed by atoms with Gasteiger partial charge in [0.15, 0.2) is 0 Å². The molecule has 29 heavy (non-hydrogen) atoms. The standard InChI is InChI=1S/C22H22FNO4S/c1-16-4-7-18(23)14-22(16)29(25,26)24(19-8-12-21(28-3)13-9-19)15-17-5-10-20(27-2)11-6-17/h4-14H,15H2,1-3H3. The van der Waals surface area contributed by atoms with Gasteiger partial charge in [-0.3, -0.25) is 4.31 Å². The Morgan fingerprint density at radius 2 is 1.41 bits per heavy atom. The minimum atomic E-state index is -4.02. The summed E-state index contributed by atoms with van der Waals surface area (Å²) in [5.74, 6) is 0.680. The molecule has 0 heterocycles. The van der Waals surface area contributed by atoms with E-state index in [1.54, 1.807) is 62.6 Å². The van der Waals surface area contributed by atoms with Crippen LogP contribution in [0.4, 0.5) is 10.1 Å². The largest absolute Gasteiger partial charge is 0.497 e. The highest BCUT2D eigenvalue weighted by atomic mass is 32.2. The van der Waals surface area contributed by atoms with Gasteiger partial charge < -0.3 is 9.47 Å². The van der Waals surface area contributed by atoms with Gasteiger partial charge in [0.25, 0.3) is 10.0 Å². The van der Waals surface area contributed by atoms with E-state index in [0.29, 0.717) is 22.7 Å². The lowest BCUT2D eigenvalue weighted by atomic mass is 10.2. The second-order valence-corrected chi connectivity index (χ2v) is 8.30. The fourth-order valence-electron chi connectivity index (χ4n) is 2.93. The average molecular weight is 415 g/mol. The first-order valence-corrected chi connectivity index (χ1v) is 10.3. The lowest BCUT2D eigenvalue weighted by Crippen LogP contribution is -2.31. The quantitative estimate of drug-likeness (QED) is 0.568. The first-order chi connectivity index (χ1) is 13.8. The van der Waals surface area contributed by atoms with E-state index in [2.05, 4.69) is 0 Å². The van der Waals surface area contributed by atoms with Gasteiger partial charge >= 0.3 is 0 Å². The molecule has 3 rings (SSSR count). The second-order valence-electron chi connectivity index (χ2n) is 6.47. The summed E-state index contributed by atoms with van der Waals surface area (Å²) < 4.78 is 52.4. The molecule has 0 aromatic heterocycles. The van der Waals surface area contributed by atoms with Crippen molar-refractivity contribution in [2.24, 2.45) is 0 Å². The van der Waals surface area contributed by atoms with Crippen molar-refractivity contribution in [3.8, 4) is 11.5 Å². The zero-order chi connectivity index (χ0) is 21.0. The van der Waals surface area contributed by atoms with E-state index in [9.17, 15) is 12.8 Å². The normalized spacial score (nSPS) is 11.2. The first-order valence-electron chi connectivity index (χ1n) is 8.91. The number of hydrogen-bond donors (Lipinski definition) is 0. The van der Waals surface area contributed by atoms with Crippen molar-refractivity contribution in [2.45, 2.75) is 18.4 Å². The summed E-state index contributed by atoms with van der Waals surface area (Å²) in [4.78, 5) is -0.0678. The van der Waals surface area contributed by atoms with Gasteiger partial charge in [-0.1, -0.05) is 18.2 Å². The molecule has 3 aromatic rings. The predicted octanol–water partition coefficient (Wildman–Crippen LogP) is 4.55. The third kappa shape index (κ3) is 4.51. The monoisotopic (exact) mass is 415 g/mol. The van der Waals surface area contributed by atoms with Gasteiger partial charge in [-0.15, -0.1) is 0 Å². The Labute approximate surface area is 170 Å². The van der Waals surface area contributed by atoms with Crippen molar-refractivity contribution in [2.75, 3.05) is 18.5 Å². The van der Waals surface area contributed by atoms with Crippen LogP contribution in [0.3, 0.4) is 0 Å². The lowest BCUT2D eigenvalue weighted by molar-refractivity contribution is 0.414. The number of benzene rings is 3. The van der Waals surface area contributed by atoms with Gasteiger partial charge in [0.2, 0.25) is 0 Å². The highest BCUT2D eigenvalue weighted by Crippen LogP contribution is 2.30. The van der Waals surface area contributed by atoms with Crippen LogP contribution in [-0.2, 0) is 16.6 Å². The summed E-state index contributed by atoms with van der Waals surface area (Å²) in [6, 6.07) is 17.6. The highest BCUT2D eigenvalue weighted by molar-refractivity contribution is 7.92. The number of rotatable bonds is 7. The van der Waals surface area contributed by atoms with E-state index < -0.39 is 15.8 Å². The fraction of sp³-hybridized carbons (Fsp3) is 0.182. The topological polar surface area (TPSA) is 55.8 Å². The van der Waals surface area contributed by atoms with Crippen LogP contribution >= 0.6 is 0 Å². The maximum Gasteiger partial charge on any atom is 0.264 e. The maximum atomic E-state index is 13.8. The second kappa shape index (κ2) is 8.53. The summed E-state index contributed by atoms with van der Waals surface area (Å²) in [5.41, 5.74) is 1.68. The number of ether oxygens (including phenoxy) is 2. The summed E-state index contributed by atoms with van der Waals surface area (Å²) in [6.07, 6.45) is 0. The smallest absolute Gasteiger partial charge is 0.264 e.